The smallest absolute Gasteiger partial charge is 0.403 e. The average Bonchev–Trinajstić information content (AvgIpc) is 1.48. The molecular weight excluding hydrogens is 1220 g/mol. The van der Waals surface area contributed by atoms with Gasteiger partial charge in [-0.1, -0.05) is 165 Å². The van der Waals surface area contributed by atoms with Gasteiger partial charge in [-0.2, -0.15) is 0 Å². The second-order valence-electron chi connectivity index (χ2n) is 22.2. The molecule has 15 heteroatoms. The molecule has 10 aromatic carbocycles. The highest BCUT2D eigenvalue weighted by Crippen LogP contribution is 2.61. The molecule has 4 aliphatic rings. The largest absolute Gasteiger partial charge is 0.497 e. The predicted molar refractivity (Wildman–Crippen MR) is 365 cm³/mol. The van der Waals surface area contributed by atoms with Crippen LogP contribution >= 0.6 is 34.8 Å². The summed E-state index contributed by atoms with van der Waals surface area (Å²) < 4.78 is 53.8. The van der Waals surface area contributed by atoms with Gasteiger partial charge in [0, 0.05) is 66.9 Å². The molecule has 0 saturated heterocycles. The number of carbonyl (C=O) groups excluding carboxylic acids is 2. The van der Waals surface area contributed by atoms with E-state index in [0.29, 0.717) is 0 Å². The van der Waals surface area contributed by atoms with Crippen LogP contribution in [0.4, 0.5) is 9.59 Å². The second kappa shape index (κ2) is 26.6. The van der Waals surface area contributed by atoms with Crippen molar-refractivity contribution in [3.63, 3.8) is 0 Å². The zero-order valence-corrected chi connectivity index (χ0v) is 53.0. The van der Waals surface area contributed by atoms with Crippen molar-refractivity contribution in [2.45, 2.75) is 43.7 Å². The van der Waals surface area contributed by atoms with E-state index in [0.717, 1.165) is 134 Å². The van der Waals surface area contributed by atoms with Crippen LogP contribution in [-0.2, 0) is 36.6 Å². The molecular formula is C77H67Cl3O12. The third kappa shape index (κ3) is 11.3. The van der Waals surface area contributed by atoms with Gasteiger partial charge in [0.15, 0.2) is 11.2 Å². The molecule has 2 unspecified atom stereocenters. The highest BCUT2D eigenvalue weighted by Gasteiger charge is 2.49. The number of carbonyl (C=O) groups is 2. The topological polar surface area (TPSA) is 137 Å². The molecule has 92 heavy (non-hydrogen) atoms. The highest BCUT2D eigenvalue weighted by molar-refractivity contribution is 6.93. The third-order valence-corrected chi connectivity index (χ3v) is 17.6. The maximum absolute atomic E-state index is 11.3. The van der Waals surface area contributed by atoms with Crippen LogP contribution in [0.15, 0.2) is 206 Å². The molecule has 468 valence electrons. The Morgan fingerprint density at radius 2 is 0.750 bits per heavy atom. The average molecular weight is 1290 g/mol. The summed E-state index contributed by atoms with van der Waals surface area (Å²) in [5, 5.41) is 14.0. The first-order valence-corrected chi connectivity index (χ1v) is 30.6. The van der Waals surface area contributed by atoms with Gasteiger partial charge in [0.05, 0.1) is 48.3 Å². The molecule has 0 aromatic heterocycles. The molecule has 2 aliphatic heterocycles. The van der Waals surface area contributed by atoms with E-state index < -0.39 is 32.5 Å². The Morgan fingerprint density at radius 3 is 1.08 bits per heavy atom. The highest BCUT2D eigenvalue weighted by atomic mass is 35.5. The molecule has 0 radical (unpaired) electrons. The minimum atomic E-state index is -0.945. The lowest BCUT2D eigenvalue weighted by molar-refractivity contribution is -0.0196. The molecule has 2 atom stereocenters. The summed E-state index contributed by atoms with van der Waals surface area (Å²) in [6, 6.07) is 65.4. The van der Waals surface area contributed by atoms with E-state index in [1.54, 1.807) is 28.4 Å². The molecule has 10 aromatic rings. The van der Waals surface area contributed by atoms with E-state index in [-0.39, 0.29) is 33.9 Å². The van der Waals surface area contributed by atoms with Crippen molar-refractivity contribution in [3.05, 3.63) is 262 Å². The van der Waals surface area contributed by atoms with E-state index in [1.165, 1.54) is 0 Å². The van der Waals surface area contributed by atoms with Crippen LogP contribution in [-0.4, -0.2) is 70.1 Å². The molecule has 12 nitrogen and oxygen atoms in total. The molecule has 14 rings (SSSR count). The fourth-order valence-corrected chi connectivity index (χ4v) is 13.5. The number of methoxy groups -OCH3 is 4. The van der Waals surface area contributed by atoms with Gasteiger partial charge >= 0.3 is 10.1 Å². The normalized spacial score (nSPS) is 16.8. The number of fused-ring (bicyclic) bond motifs is 16. The van der Waals surface area contributed by atoms with Crippen molar-refractivity contribution in [1.82, 2.24) is 0 Å². The van der Waals surface area contributed by atoms with E-state index in [1.807, 2.05) is 103 Å². The van der Waals surface area contributed by atoms with Gasteiger partial charge in [-0.3, -0.25) is 4.79 Å². The summed E-state index contributed by atoms with van der Waals surface area (Å²) in [5.74, 6) is 4.64. The van der Waals surface area contributed by atoms with Crippen molar-refractivity contribution in [2.75, 3.05) is 54.9 Å². The quantitative estimate of drug-likeness (QED) is 0.0772. The van der Waals surface area contributed by atoms with Crippen LogP contribution in [0, 0.1) is 0 Å². The number of aliphatic hydroxyl groups is 1. The van der Waals surface area contributed by atoms with Gasteiger partial charge in [0.2, 0.25) is 0 Å². The lowest BCUT2D eigenvalue weighted by Crippen LogP contribution is -2.35. The zero-order chi connectivity index (χ0) is 63.7. The summed E-state index contributed by atoms with van der Waals surface area (Å²) in [6.07, 6.45) is 8.60. The maximum Gasteiger partial charge on any atom is 0.403 e. The predicted octanol–water partition coefficient (Wildman–Crippen LogP) is 18.5. The van der Waals surface area contributed by atoms with Gasteiger partial charge in [0.1, 0.15) is 52.3 Å². The van der Waals surface area contributed by atoms with Gasteiger partial charge in [0.25, 0.3) is 0 Å². The Morgan fingerprint density at radius 1 is 0.435 bits per heavy atom. The first kappa shape index (κ1) is 64.4. The van der Waals surface area contributed by atoms with Crippen molar-refractivity contribution in [3.8, 4) is 56.8 Å². The van der Waals surface area contributed by atoms with Crippen LogP contribution in [0.2, 0.25) is 0 Å². The Balaban J connectivity index is 0.000000177. The summed E-state index contributed by atoms with van der Waals surface area (Å²) in [7, 11) is 6.65. The number of benzene rings is 10. The Hall–Kier alpha value is -9.11. The summed E-state index contributed by atoms with van der Waals surface area (Å²) in [6.45, 7) is 4.53. The SMILES string of the molecule is C.COc1ccc(C2(c3ccc(OC)cc3)C=Cc3c4c(c5ccccc5c3O2)-c2ccccc2C4(C)OCCO)cc1.COc1ccc(C2(c3ccc(OC)cc3)C=Cc3c4c(c5ccccc5c3O2)-c2ccccc2C4(C)OCCOC(=O)Cl)cc1.O=C(Cl)Cl. The van der Waals surface area contributed by atoms with Crippen LogP contribution in [0.3, 0.4) is 0 Å². The van der Waals surface area contributed by atoms with Crippen molar-refractivity contribution < 1.29 is 57.3 Å². The summed E-state index contributed by atoms with van der Waals surface area (Å²) in [5.41, 5.74) is 10.1. The van der Waals surface area contributed by atoms with E-state index in [9.17, 15) is 9.90 Å². The van der Waals surface area contributed by atoms with Crippen LogP contribution < -0.4 is 28.4 Å². The number of hydrogen-bond donors (Lipinski definition) is 1. The number of halogens is 3. The maximum atomic E-state index is 11.3. The van der Waals surface area contributed by atoms with Gasteiger partial charge in [-0.15, -0.1) is 0 Å². The molecule has 0 saturated carbocycles. The van der Waals surface area contributed by atoms with Gasteiger partial charge in [-0.05, 0) is 142 Å². The Labute approximate surface area is 550 Å². The summed E-state index contributed by atoms with van der Waals surface area (Å²) in [4.78, 5) is 20.2. The van der Waals surface area contributed by atoms with Gasteiger partial charge < -0.3 is 47.7 Å². The van der Waals surface area contributed by atoms with E-state index in [4.69, 9.17) is 59.0 Å². The zero-order valence-electron chi connectivity index (χ0n) is 50.7. The number of ether oxygens (including phenoxy) is 9. The molecule has 0 spiro atoms. The molecule has 0 amide bonds. The minimum absolute atomic E-state index is 0. The minimum Gasteiger partial charge on any atom is -0.497 e. The van der Waals surface area contributed by atoms with Crippen molar-refractivity contribution in [2.24, 2.45) is 0 Å². The van der Waals surface area contributed by atoms with Crippen LogP contribution in [0.5, 0.6) is 34.5 Å². The summed E-state index contributed by atoms with van der Waals surface area (Å²) >= 11 is 14.2. The lowest BCUT2D eigenvalue weighted by atomic mass is 9.80. The monoisotopic (exact) mass is 1290 g/mol. The molecule has 1 N–H and O–H groups in total. The number of aliphatic hydroxyl groups excluding tert-OH is 1. The molecule has 0 bridgehead atoms. The van der Waals surface area contributed by atoms with Gasteiger partial charge in [-0.25, -0.2) is 4.79 Å². The molecule has 2 aliphatic carbocycles. The van der Waals surface area contributed by atoms with Crippen molar-refractivity contribution in [1.29, 1.82) is 0 Å². The third-order valence-electron chi connectivity index (χ3n) is 17.5. The van der Waals surface area contributed by atoms with E-state index in [2.05, 4.69) is 152 Å². The standard InChI is InChI=1S/C38H31ClO6.C37H32O5.CCl2O.CH4/c1-37(44-23-22-43-36(39)40)32-11-7-6-10-30(32)33-28-8-4-5-9-29(28)35-31(34(33)37)20-21-38(45-35,24-12-16-26(41-2)17-13-24)25-14-18-27(42-3)19-15-25;1-36(41-23-22-38)32-11-7-6-10-30(32)33-28-8-4-5-9-29(28)35-31(34(33)36)20-21-37(42-35,24-12-16-26(39-2)17-13-24)25-14-18-27(40-3)19-15-25;2-1(3)4;/h4-21H,22-23H2,1-3H3;4-21,38H,22-23H2,1-3H3;;1H4. The Kier molecular flexibility index (Phi) is 18.6. The van der Waals surface area contributed by atoms with Crippen molar-refractivity contribution >= 4 is 78.6 Å². The lowest BCUT2D eigenvalue weighted by Gasteiger charge is -2.39. The van der Waals surface area contributed by atoms with E-state index >= 15 is 0 Å². The van der Waals surface area contributed by atoms with Crippen LogP contribution in [0.25, 0.3) is 56.0 Å². The molecule has 0 fully saturated rings. The first-order chi connectivity index (χ1) is 44.2. The number of hydrogen-bond acceptors (Lipinski definition) is 12. The molecule has 2 heterocycles. The fourth-order valence-electron chi connectivity index (χ4n) is 13.5. The van der Waals surface area contributed by atoms with Crippen LogP contribution in [0.1, 0.15) is 76.9 Å². The first-order valence-electron chi connectivity index (χ1n) is 29.5. The fraction of sp³-hybridized carbons (Fsp3) is 0.195. The number of rotatable bonds is 15. The second-order valence-corrected chi connectivity index (χ2v) is 23.4. The Bertz CT molecular complexity index is 4350.